The van der Waals surface area contributed by atoms with Gasteiger partial charge in [0.25, 0.3) is 0 Å². The number of methoxy groups -OCH3 is 1. The molecule has 0 radical (unpaired) electrons. The zero-order valence-electron chi connectivity index (χ0n) is 16.4. The first-order chi connectivity index (χ1) is 12.8. The maximum absolute atomic E-state index is 12.6. The number of ether oxygens (including phenoxy) is 1. The van der Waals surface area contributed by atoms with Gasteiger partial charge in [0.2, 0.25) is 16.0 Å². The van der Waals surface area contributed by atoms with E-state index >= 15 is 0 Å². The highest BCUT2D eigenvalue weighted by Crippen LogP contribution is 2.25. The lowest BCUT2D eigenvalue weighted by Gasteiger charge is -2.13. The van der Waals surface area contributed by atoms with E-state index in [0.29, 0.717) is 23.8 Å². The number of aromatic nitrogens is 2. The number of nitrogens with zero attached hydrogens (tertiary/aromatic N) is 2. The molecular weight excluding hydrogens is 366 g/mol. The first kappa shape index (κ1) is 20.9. The monoisotopic (exact) mass is 393 g/mol. The van der Waals surface area contributed by atoms with Gasteiger partial charge in [-0.05, 0) is 51.0 Å². The smallest absolute Gasteiger partial charge is 0.240 e. The van der Waals surface area contributed by atoms with E-state index in [1.165, 1.54) is 0 Å². The summed E-state index contributed by atoms with van der Waals surface area (Å²) < 4.78 is 33.0. The molecule has 0 unspecified atom stereocenters. The van der Waals surface area contributed by atoms with Crippen LogP contribution < -0.4 is 20.1 Å². The minimum atomic E-state index is -3.62. The largest absolute Gasteiger partial charge is 0.496 e. The molecule has 0 saturated carbocycles. The van der Waals surface area contributed by atoms with Gasteiger partial charge in [-0.2, -0.15) is 4.98 Å². The molecule has 27 heavy (non-hydrogen) atoms. The van der Waals surface area contributed by atoms with Gasteiger partial charge in [0.1, 0.15) is 11.6 Å². The number of hydrogen-bond acceptors (Lipinski definition) is 7. The van der Waals surface area contributed by atoms with Crippen molar-refractivity contribution in [2.24, 2.45) is 0 Å². The van der Waals surface area contributed by atoms with Gasteiger partial charge in [-0.25, -0.2) is 18.1 Å². The Balaban J connectivity index is 2.00. The van der Waals surface area contributed by atoms with Crippen molar-refractivity contribution < 1.29 is 13.2 Å². The van der Waals surface area contributed by atoms with Crippen molar-refractivity contribution in [1.82, 2.24) is 14.7 Å². The Morgan fingerprint density at radius 3 is 2.41 bits per heavy atom. The van der Waals surface area contributed by atoms with Crippen molar-refractivity contribution in [3.63, 3.8) is 0 Å². The maximum atomic E-state index is 12.6. The van der Waals surface area contributed by atoms with Gasteiger partial charge in [0.05, 0.1) is 12.0 Å². The summed E-state index contributed by atoms with van der Waals surface area (Å²) >= 11 is 0. The lowest BCUT2D eigenvalue weighted by atomic mass is 10.1. The first-order valence-electron chi connectivity index (χ1n) is 8.75. The molecule has 2 rings (SSSR count). The van der Waals surface area contributed by atoms with Crippen LogP contribution in [0.1, 0.15) is 23.7 Å². The third kappa shape index (κ3) is 5.54. The highest BCUT2D eigenvalue weighted by Gasteiger charge is 2.18. The second kappa shape index (κ2) is 9.01. The predicted octanol–water partition coefficient (Wildman–Crippen LogP) is 2.23. The minimum absolute atomic E-state index is 0.209. The van der Waals surface area contributed by atoms with Crippen LogP contribution in [0, 0.1) is 20.8 Å². The van der Waals surface area contributed by atoms with Gasteiger partial charge in [0.15, 0.2) is 0 Å². The summed E-state index contributed by atoms with van der Waals surface area (Å²) in [7, 11) is -2.05. The van der Waals surface area contributed by atoms with E-state index in [1.54, 1.807) is 26.2 Å². The van der Waals surface area contributed by atoms with Crippen molar-refractivity contribution in [1.29, 1.82) is 0 Å². The Morgan fingerprint density at radius 1 is 1.00 bits per heavy atom. The van der Waals surface area contributed by atoms with Crippen LogP contribution in [0.5, 0.6) is 5.75 Å². The number of nitrogens with one attached hydrogen (secondary N) is 3. The fourth-order valence-corrected chi connectivity index (χ4v) is 3.97. The molecule has 3 N–H and O–H groups in total. The Labute approximate surface area is 160 Å². The van der Waals surface area contributed by atoms with E-state index in [0.717, 1.165) is 23.6 Å². The van der Waals surface area contributed by atoms with Crippen LogP contribution in [-0.2, 0) is 10.0 Å². The van der Waals surface area contributed by atoms with Gasteiger partial charge < -0.3 is 15.4 Å². The Morgan fingerprint density at radius 2 is 1.74 bits per heavy atom. The molecule has 0 aliphatic rings. The van der Waals surface area contributed by atoms with Crippen molar-refractivity contribution in [2.75, 3.05) is 37.4 Å². The summed E-state index contributed by atoms with van der Waals surface area (Å²) in [5, 5.41) is 6.18. The molecule has 0 aliphatic heterocycles. The lowest BCUT2D eigenvalue weighted by Crippen LogP contribution is -2.29. The molecule has 9 heteroatoms. The second-order valence-electron chi connectivity index (χ2n) is 6.16. The highest BCUT2D eigenvalue weighted by atomic mass is 32.2. The fraction of sp³-hybridized carbons (Fsp3) is 0.444. The standard InChI is InChI=1S/C18H27N5O3S/c1-6-19-17-11-14(4)22-18(23-17)20-7-8-21-27(24,25)16-10-12(2)15(26-5)9-13(16)3/h9-11,21H,6-8H2,1-5H3,(H2,19,20,22,23). The van der Waals surface area contributed by atoms with E-state index in [9.17, 15) is 8.42 Å². The van der Waals surface area contributed by atoms with Gasteiger partial charge in [0, 0.05) is 31.4 Å². The van der Waals surface area contributed by atoms with E-state index in [4.69, 9.17) is 4.74 Å². The molecule has 148 valence electrons. The van der Waals surface area contributed by atoms with Crippen LogP contribution in [0.4, 0.5) is 11.8 Å². The maximum Gasteiger partial charge on any atom is 0.240 e. The molecule has 1 heterocycles. The van der Waals surface area contributed by atoms with Crippen LogP contribution in [0.2, 0.25) is 0 Å². The number of sulfonamides is 1. The van der Waals surface area contributed by atoms with Crippen LogP contribution >= 0.6 is 0 Å². The molecule has 1 aromatic carbocycles. The zero-order chi connectivity index (χ0) is 20.0. The van der Waals surface area contributed by atoms with Crippen LogP contribution in [-0.4, -0.2) is 45.1 Å². The van der Waals surface area contributed by atoms with Gasteiger partial charge in [-0.1, -0.05) is 0 Å². The third-order valence-electron chi connectivity index (χ3n) is 3.89. The van der Waals surface area contributed by atoms with Gasteiger partial charge in [-0.15, -0.1) is 0 Å². The summed E-state index contributed by atoms with van der Waals surface area (Å²) in [5.74, 6) is 1.86. The molecule has 0 spiro atoms. The number of hydrogen-bond donors (Lipinski definition) is 3. The van der Waals surface area contributed by atoms with Crippen molar-refractivity contribution >= 4 is 21.8 Å². The molecule has 0 aliphatic carbocycles. The van der Waals surface area contributed by atoms with E-state index in [2.05, 4.69) is 25.3 Å². The average Bonchev–Trinajstić information content (AvgIpc) is 2.60. The number of rotatable bonds is 9. The number of anilines is 2. The zero-order valence-corrected chi connectivity index (χ0v) is 17.2. The molecule has 0 amide bonds. The fourth-order valence-electron chi connectivity index (χ4n) is 2.63. The summed E-state index contributed by atoms with van der Waals surface area (Å²) in [5.41, 5.74) is 2.23. The number of aryl methyl sites for hydroxylation is 3. The summed E-state index contributed by atoms with van der Waals surface area (Å²) in [6.45, 7) is 8.76. The summed E-state index contributed by atoms with van der Waals surface area (Å²) in [4.78, 5) is 8.89. The molecule has 0 saturated heterocycles. The molecule has 0 fully saturated rings. The number of benzene rings is 1. The van der Waals surface area contributed by atoms with Crippen LogP contribution in [0.15, 0.2) is 23.1 Å². The molecule has 0 atom stereocenters. The Hall–Kier alpha value is -2.39. The van der Waals surface area contributed by atoms with Crippen molar-refractivity contribution in [3.05, 3.63) is 35.0 Å². The average molecular weight is 394 g/mol. The molecular formula is C18H27N5O3S. The van der Waals surface area contributed by atoms with E-state index < -0.39 is 10.0 Å². The summed E-state index contributed by atoms with van der Waals surface area (Å²) in [6, 6.07) is 5.20. The van der Waals surface area contributed by atoms with Gasteiger partial charge >= 0.3 is 0 Å². The lowest BCUT2D eigenvalue weighted by molar-refractivity contribution is 0.411. The SMILES string of the molecule is CCNc1cc(C)nc(NCCNS(=O)(=O)c2cc(C)c(OC)cc2C)n1. The summed E-state index contributed by atoms with van der Waals surface area (Å²) in [6.07, 6.45) is 0. The molecule has 1 aromatic heterocycles. The first-order valence-corrected chi connectivity index (χ1v) is 10.2. The minimum Gasteiger partial charge on any atom is -0.496 e. The Bertz CT molecular complexity index is 900. The quantitative estimate of drug-likeness (QED) is 0.561. The predicted molar refractivity (Wildman–Crippen MR) is 107 cm³/mol. The third-order valence-corrected chi connectivity index (χ3v) is 5.50. The Kier molecular flexibility index (Phi) is 6.98. The van der Waals surface area contributed by atoms with E-state index in [-0.39, 0.29) is 11.4 Å². The van der Waals surface area contributed by atoms with Crippen molar-refractivity contribution in [2.45, 2.75) is 32.6 Å². The topological polar surface area (TPSA) is 105 Å². The van der Waals surface area contributed by atoms with E-state index in [1.807, 2.05) is 26.8 Å². The van der Waals surface area contributed by atoms with Crippen LogP contribution in [0.3, 0.4) is 0 Å². The second-order valence-corrected chi connectivity index (χ2v) is 7.90. The highest BCUT2D eigenvalue weighted by molar-refractivity contribution is 7.89. The normalized spacial score (nSPS) is 11.3. The van der Waals surface area contributed by atoms with Crippen LogP contribution in [0.25, 0.3) is 0 Å². The molecule has 8 nitrogen and oxygen atoms in total. The molecule has 2 aromatic rings. The molecule has 0 bridgehead atoms. The van der Waals surface area contributed by atoms with Crippen molar-refractivity contribution in [3.8, 4) is 5.75 Å². The van der Waals surface area contributed by atoms with Gasteiger partial charge in [-0.3, -0.25) is 0 Å².